The van der Waals surface area contributed by atoms with Crippen molar-refractivity contribution >= 4 is 5.82 Å². The second kappa shape index (κ2) is 5.59. The smallest absolute Gasteiger partial charge is 0.165 e. The van der Waals surface area contributed by atoms with Gasteiger partial charge >= 0.3 is 0 Å². The van der Waals surface area contributed by atoms with Crippen LogP contribution in [0.3, 0.4) is 0 Å². The molecule has 1 aromatic heterocycles. The summed E-state index contributed by atoms with van der Waals surface area (Å²) >= 11 is 0. The Morgan fingerprint density at radius 3 is 2.79 bits per heavy atom. The number of aromatic nitrogens is 2. The van der Waals surface area contributed by atoms with Crippen LogP contribution in [0.4, 0.5) is 10.2 Å². The summed E-state index contributed by atoms with van der Waals surface area (Å²) in [6, 6.07) is 5.54. The zero-order valence-electron chi connectivity index (χ0n) is 10.2. The van der Waals surface area contributed by atoms with E-state index in [1.165, 1.54) is 19.2 Å². The number of phenols is 1. The predicted octanol–water partition coefficient (Wildman–Crippen LogP) is 1.42. The van der Waals surface area contributed by atoms with E-state index < -0.39 is 11.6 Å². The molecule has 0 aliphatic rings. The van der Waals surface area contributed by atoms with Gasteiger partial charge in [-0.2, -0.15) is 0 Å². The molecule has 0 saturated heterocycles. The van der Waals surface area contributed by atoms with Crippen molar-refractivity contribution in [1.82, 2.24) is 9.97 Å². The average molecular weight is 264 g/mol. The maximum absolute atomic E-state index is 13.3. The number of hydrogen-bond donors (Lipinski definition) is 3. The molecule has 19 heavy (non-hydrogen) atoms. The van der Waals surface area contributed by atoms with Crippen molar-refractivity contribution in [3.8, 4) is 17.1 Å². The molecule has 2 aromatic rings. The number of nitrogen functional groups attached to an aromatic ring is 1. The Morgan fingerprint density at radius 2 is 2.16 bits per heavy atom. The maximum atomic E-state index is 13.3. The van der Waals surface area contributed by atoms with Gasteiger partial charge in [-0.3, -0.25) is 0 Å². The number of rotatable bonds is 4. The molecule has 0 fully saturated rings. The van der Waals surface area contributed by atoms with Crippen LogP contribution in [0.5, 0.6) is 5.75 Å². The van der Waals surface area contributed by atoms with Gasteiger partial charge in [0, 0.05) is 18.7 Å². The first kappa shape index (κ1) is 13.2. The number of nitrogens with one attached hydrogen (secondary N) is 1. The van der Waals surface area contributed by atoms with Gasteiger partial charge in [0.15, 0.2) is 17.4 Å². The van der Waals surface area contributed by atoms with E-state index in [2.05, 4.69) is 15.4 Å². The molecule has 2 rings (SSSR count). The predicted molar refractivity (Wildman–Crippen MR) is 67.6 cm³/mol. The maximum Gasteiger partial charge on any atom is 0.165 e. The molecule has 0 unspecified atom stereocenters. The second-order valence-electron chi connectivity index (χ2n) is 3.81. The summed E-state index contributed by atoms with van der Waals surface area (Å²) in [6.45, 7) is 0.283. The number of ether oxygens (including phenoxy) is 1. The number of nitrogens with two attached hydrogens (primary N) is 1. The van der Waals surface area contributed by atoms with E-state index in [0.717, 1.165) is 6.07 Å². The fourth-order valence-corrected chi connectivity index (χ4v) is 1.57. The summed E-state index contributed by atoms with van der Waals surface area (Å²) in [6.07, 6.45) is 0. The number of benzene rings is 1. The van der Waals surface area contributed by atoms with Gasteiger partial charge in [0.05, 0.1) is 12.3 Å². The van der Waals surface area contributed by atoms with Crippen LogP contribution in [0.1, 0.15) is 5.69 Å². The van der Waals surface area contributed by atoms with Crippen LogP contribution in [0.2, 0.25) is 0 Å². The largest absolute Gasteiger partial charge is 0.505 e. The standard InChI is InChI=1S/C12H13FN4O2/c1-19-6-8-5-11(17-14)16-12(15-8)7-2-3-10(18)9(13)4-7/h2-5,18H,6,14H2,1H3,(H,15,16,17). The minimum atomic E-state index is -0.736. The number of phenolic OH excluding ortho intramolecular Hbond substituents is 1. The van der Waals surface area contributed by atoms with Crippen molar-refractivity contribution in [2.24, 2.45) is 5.84 Å². The quantitative estimate of drug-likeness (QED) is 0.571. The zero-order chi connectivity index (χ0) is 13.8. The molecule has 4 N–H and O–H groups in total. The third-order valence-corrected chi connectivity index (χ3v) is 2.43. The Balaban J connectivity index is 2.47. The number of anilines is 1. The van der Waals surface area contributed by atoms with Gasteiger partial charge in [0.1, 0.15) is 5.82 Å². The molecule has 0 bridgehead atoms. The van der Waals surface area contributed by atoms with Gasteiger partial charge in [-0.15, -0.1) is 0 Å². The van der Waals surface area contributed by atoms with Gasteiger partial charge in [-0.1, -0.05) is 0 Å². The first-order valence-electron chi connectivity index (χ1n) is 5.46. The highest BCUT2D eigenvalue weighted by atomic mass is 19.1. The Bertz CT molecular complexity index is 592. The lowest BCUT2D eigenvalue weighted by atomic mass is 10.2. The van der Waals surface area contributed by atoms with Gasteiger partial charge in [0.25, 0.3) is 0 Å². The topological polar surface area (TPSA) is 93.3 Å². The molecule has 0 aliphatic heterocycles. The fourth-order valence-electron chi connectivity index (χ4n) is 1.57. The molecular weight excluding hydrogens is 251 g/mol. The second-order valence-corrected chi connectivity index (χ2v) is 3.81. The summed E-state index contributed by atoms with van der Waals surface area (Å²) in [4.78, 5) is 8.36. The highest BCUT2D eigenvalue weighted by Crippen LogP contribution is 2.23. The highest BCUT2D eigenvalue weighted by Gasteiger charge is 2.09. The fraction of sp³-hybridized carbons (Fsp3) is 0.167. The first-order chi connectivity index (χ1) is 9.13. The molecule has 100 valence electrons. The Kier molecular flexibility index (Phi) is 3.88. The molecule has 1 heterocycles. The summed E-state index contributed by atoms with van der Waals surface area (Å²) < 4.78 is 18.3. The molecular formula is C12H13FN4O2. The molecule has 1 aromatic carbocycles. The first-order valence-corrected chi connectivity index (χ1v) is 5.46. The van der Waals surface area contributed by atoms with E-state index in [4.69, 9.17) is 15.7 Å². The minimum absolute atomic E-state index is 0.283. The number of hydrazine groups is 1. The van der Waals surface area contributed by atoms with Crippen LogP contribution < -0.4 is 11.3 Å². The minimum Gasteiger partial charge on any atom is -0.505 e. The molecule has 0 amide bonds. The molecule has 0 radical (unpaired) electrons. The summed E-state index contributed by atoms with van der Waals surface area (Å²) in [5, 5.41) is 9.16. The van der Waals surface area contributed by atoms with E-state index in [1.54, 1.807) is 6.07 Å². The Morgan fingerprint density at radius 1 is 1.37 bits per heavy atom. The van der Waals surface area contributed by atoms with Crippen LogP contribution in [0, 0.1) is 5.82 Å². The number of nitrogens with zero attached hydrogens (tertiary/aromatic N) is 2. The molecule has 0 atom stereocenters. The van der Waals surface area contributed by atoms with Crippen molar-refractivity contribution < 1.29 is 14.2 Å². The molecule has 0 spiro atoms. The Labute approximate surface area is 109 Å². The van der Waals surface area contributed by atoms with E-state index in [0.29, 0.717) is 22.9 Å². The third kappa shape index (κ3) is 2.95. The van der Waals surface area contributed by atoms with Crippen molar-refractivity contribution in [2.45, 2.75) is 6.61 Å². The molecule has 6 nitrogen and oxygen atoms in total. The molecule has 0 saturated carbocycles. The van der Waals surface area contributed by atoms with Crippen LogP contribution >= 0.6 is 0 Å². The zero-order valence-corrected chi connectivity index (χ0v) is 10.2. The third-order valence-electron chi connectivity index (χ3n) is 2.43. The van der Waals surface area contributed by atoms with E-state index >= 15 is 0 Å². The normalized spacial score (nSPS) is 10.5. The number of halogens is 1. The van der Waals surface area contributed by atoms with Crippen LogP contribution in [0.25, 0.3) is 11.4 Å². The monoisotopic (exact) mass is 264 g/mol. The average Bonchev–Trinajstić information content (AvgIpc) is 2.42. The van der Waals surface area contributed by atoms with E-state index in [1.807, 2.05) is 0 Å². The highest BCUT2D eigenvalue weighted by molar-refractivity contribution is 5.58. The van der Waals surface area contributed by atoms with E-state index in [9.17, 15) is 4.39 Å². The molecule has 7 heteroatoms. The van der Waals surface area contributed by atoms with Crippen molar-refractivity contribution in [3.05, 3.63) is 35.8 Å². The summed E-state index contributed by atoms with van der Waals surface area (Å²) in [5.41, 5.74) is 3.45. The van der Waals surface area contributed by atoms with Crippen LogP contribution in [0.15, 0.2) is 24.3 Å². The van der Waals surface area contributed by atoms with Gasteiger partial charge < -0.3 is 15.3 Å². The van der Waals surface area contributed by atoms with Gasteiger partial charge in [0.2, 0.25) is 0 Å². The van der Waals surface area contributed by atoms with Crippen LogP contribution in [-0.4, -0.2) is 22.2 Å². The van der Waals surface area contributed by atoms with Crippen molar-refractivity contribution in [2.75, 3.05) is 12.5 Å². The SMILES string of the molecule is COCc1cc(NN)nc(-c2ccc(O)c(F)c2)n1. The van der Waals surface area contributed by atoms with Gasteiger partial charge in [-0.05, 0) is 18.2 Å². The van der Waals surface area contributed by atoms with Crippen LogP contribution in [-0.2, 0) is 11.3 Å². The van der Waals surface area contributed by atoms with Crippen molar-refractivity contribution in [1.29, 1.82) is 0 Å². The lowest BCUT2D eigenvalue weighted by molar-refractivity contribution is 0.181. The number of aromatic hydroxyl groups is 1. The van der Waals surface area contributed by atoms with Gasteiger partial charge in [-0.25, -0.2) is 20.2 Å². The summed E-state index contributed by atoms with van der Waals surface area (Å²) in [7, 11) is 1.54. The van der Waals surface area contributed by atoms with E-state index in [-0.39, 0.29) is 6.61 Å². The summed E-state index contributed by atoms with van der Waals surface area (Å²) in [5.74, 6) is 4.85. The number of hydrogen-bond acceptors (Lipinski definition) is 6. The lowest BCUT2D eigenvalue weighted by Gasteiger charge is -2.07. The number of methoxy groups -OCH3 is 1. The molecule has 0 aliphatic carbocycles. The lowest BCUT2D eigenvalue weighted by Crippen LogP contribution is -2.10. The Hall–Kier alpha value is -2.25. The van der Waals surface area contributed by atoms with Crippen molar-refractivity contribution in [3.63, 3.8) is 0 Å².